The number of phenolic OH excluding ortho intramolecular Hbond substituents is 1. The van der Waals surface area contributed by atoms with E-state index in [4.69, 9.17) is 0 Å². The van der Waals surface area contributed by atoms with Crippen molar-refractivity contribution < 1.29 is 14.3 Å². The summed E-state index contributed by atoms with van der Waals surface area (Å²) in [6, 6.07) is 10.9. The lowest BCUT2D eigenvalue weighted by molar-refractivity contribution is 0.102. The molecule has 0 saturated heterocycles. The summed E-state index contributed by atoms with van der Waals surface area (Å²) in [6.45, 7) is 1.69. The average molecular weight is 296 g/mol. The van der Waals surface area contributed by atoms with E-state index in [9.17, 15) is 14.3 Å². The number of carbonyl (C=O) groups excluding carboxylic acids is 1. The normalized spacial score (nSPS) is 10.6. The molecule has 1 amide bonds. The highest BCUT2D eigenvalue weighted by Crippen LogP contribution is 2.27. The van der Waals surface area contributed by atoms with Crippen molar-refractivity contribution in [3.05, 3.63) is 65.6 Å². The van der Waals surface area contributed by atoms with Crippen LogP contribution in [-0.4, -0.2) is 16.0 Å². The summed E-state index contributed by atoms with van der Waals surface area (Å²) in [4.78, 5) is 16.4. The predicted octanol–water partition coefficient (Wildman–Crippen LogP) is 3.64. The van der Waals surface area contributed by atoms with Gasteiger partial charge in [0.25, 0.3) is 5.91 Å². The number of rotatable bonds is 2. The molecule has 0 aliphatic heterocycles. The Labute approximate surface area is 126 Å². The number of phenols is 1. The third-order valence-corrected chi connectivity index (χ3v) is 3.43. The number of benzene rings is 2. The Kier molecular flexibility index (Phi) is 3.47. The van der Waals surface area contributed by atoms with Crippen LogP contribution < -0.4 is 5.32 Å². The number of amides is 1. The smallest absolute Gasteiger partial charge is 0.259 e. The van der Waals surface area contributed by atoms with Crippen molar-refractivity contribution in [1.29, 1.82) is 0 Å². The zero-order chi connectivity index (χ0) is 15.7. The summed E-state index contributed by atoms with van der Waals surface area (Å²) < 4.78 is 13.1. The molecule has 3 aromatic rings. The van der Waals surface area contributed by atoms with E-state index in [0.29, 0.717) is 16.8 Å². The summed E-state index contributed by atoms with van der Waals surface area (Å²) in [5.74, 6) is -1.01. The molecule has 3 rings (SSSR count). The number of anilines is 1. The molecule has 0 atom stereocenters. The number of hydrogen-bond acceptors (Lipinski definition) is 3. The minimum Gasteiger partial charge on any atom is -0.505 e. The number of halogens is 1. The molecule has 110 valence electrons. The number of aryl methyl sites for hydroxylation is 1. The Morgan fingerprint density at radius 1 is 1.23 bits per heavy atom. The monoisotopic (exact) mass is 296 g/mol. The lowest BCUT2D eigenvalue weighted by Crippen LogP contribution is -2.13. The van der Waals surface area contributed by atoms with Gasteiger partial charge in [-0.15, -0.1) is 0 Å². The van der Waals surface area contributed by atoms with E-state index >= 15 is 0 Å². The van der Waals surface area contributed by atoms with E-state index in [1.165, 1.54) is 24.3 Å². The fourth-order valence-electron chi connectivity index (χ4n) is 2.27. The first-order valence-electron chi connectivity index (χ1n) is 6.70. The Bertz CT molecular complexity index is 878. The molecule has 0 spiro atoms. The Morgan fingerprint density at radius 3 is 2.82 bits per heavy atom. The number of nitrogens with one attached hydrogen (secondary N) is 1. The highest BCUT2D eigenvalue weighted by Gasteiger charge is 2.15. The molecule has 0 fully saturated rings. The van der Waals surface area contributed by atoms with Gasteiger partial charge in [0.05, 0.1) is 5.56 Å². The summed E-state index contributed by atoms with van der Waals surface area (Å²) in [6.07, 6.45) is 1.55. The Balaban J connectivity index is 1.97. The van der Waals surface area contributed by atoms with E-state index in [-0.39, 0.29) is 17.1 Å². The van der Waals surface area contributed by atoms with Gasteiger partial charge in [0, 0.05) is 17.3 Å². The first-order chi connectivity index (χ1) is 10.6. The quantitative estimate of drug-likeness (QED) is 0.759. The maximum Gasteiger partial charge on any atom is 0.259 e. The molecule has 0 bridgehead atoms. The molecule has 0 aliphatic rings. The number of hydrogen-bond donors (Lipinski definition) is 2. The van der Waals surface area contributed by atoms with Gasteiger partial charge >= 0.3 is 0 Å². The standard InChI is InChI=1S/C17H13FN2O2/c1-10-9-12(18)5-7-14(10)20-17(22)13-6-4-11-3-2-8-19-15(11)16(13)21/h2-9,21H,1H3,(H,20,22). The second-order valence-electron chi connectivity index (χ2n) is 4.95. The first kappa shape index (κ1) is 14.0. The number of fused-ring (bicyclic) bond motifs is 1. The van der Waals surface area contributed by atoms with Crippen LogP contribution in [0.2, 0.25) is 0 Å². The van der Waals surface area contributed by atoms with Crippen LogP contribution in [0.1, 0.15) is 15.9 Å². The van der Waals surface area contributed by atoms with Gasteiger partial charge in [-0.05, 0) is 42.8 Å². The maximum atomic E-state index is 13.1. The minimum atomic E-state index is -0.472. The van der Waals surface area contributed by atoms with Gasteiger partial charge in [-0.2, -0.15) is 0 Å². The van der Waals surface area contributed by atoms with E-state index in [2.05, 4.69) is 10.3 Å². The van der Waals surface area contributed by atoms with Crippen LogP contribution in [0.15, 0.2) is 48.7 Å². The molecule has 22 heavy (non-hydrogen) atoms. The van der Waals surface area contributed by atoms with Gasteiger partial charge in [-0.3, -0.25) is 9.78 Å². The topological polar surface area (TPSA) is 62.2 Å². The number of aromatic hydroxyl groups is 1. The molecule has 0 aliphatic carbocycles. The van der Waals surface area contributed by atoms with Crippen molar-refractivity contribution in [3.63, 3.8) is 0 Å². The third kappa shape index (κ3) is 2.48. The van der Waals surface area contributed by atoms with Crippen molar-refractivity contribution in [2.75, 3.05) is 5.32 Å². The van der Waals surface area contributed by atoms with Crippen molar-refractivity contribution in [1.82, 2.24) is 4.98 Å². The second kappa shape index (κ2) is 5.44. The van der Waals surface area contributed by atoms with Gasteiger partial charge in [-0.25, -0.2) is 4.39 Å². The molecule has 0 saturated carbocycles. The van der Waals surface area contributed by atoms with Crippen molar-refractivity contribution >= 4 is 22.5 Å². The van der Waals surface area contributed by atoms with Crippen molar-refractivity contribution in [2.45, 2.75) is 6.92 Å². The van der Waals surface area contributed by atoms with Crippen LogP contribution in [-0.2, 0) is 0 Å². The molecule has 4 nitrogen and oxygen atoms in total. The van der Waals surface area contributed by atoms with Crippen LogP contribution in [0.3, 0.4) is 0 Å². The predicted molar refractivity (Wildman–Crippen MR) is 82.5 cm³/mol. The van der Waals surface area contributed by atoms with Crippen LogP contribution >= 0.6 is 0 Å². The van der Waals surface area contributed by atoms with Gasteiger partial charge < -0.3 is 10.4 Å². The van der Waals surface area contributed by atoms with E-state index in [0.717, 1.165) is 5.39 Å². The van der Waals surface area contributed by atoms with Gasteiger partial charge in [-0.1, -0.05) is 12.1 Å². The van der Waals surface area contributed by atoms with E-state index in [1.54, 1.807) is 31.3 Å². The van der Waals surface area contributed by atoms with Crippen molar-refractivity contribution in [3.8, 4) is 5.75 Å². The lowest BCUT2D eigenvalue weighted by Gasteiger charge is -2.10. The minimum absolute atomic E-state index is 0.120. The summed E-state index contributed by atoms with van der Waals surface area (Å²) in [7, 11) is 0. The molecular formula is C17H13FN2O2. The fraction of sp³-hybridized carbons (Fsp3) is 0.0588. The van der Waals surface area contributed by atoms with Crippen LogP contribution in [0.25, 0.3) is 10.9 Å². The average Bonchev–Trinajstić information content (AvgIpc) is 2.50. The van der Waals surface area contributed by atoms with Crippen LogP contribution in [0.4, 0.5) is 10.1 Å². The third-order valence-electron chi connectivity index (χ3n) is 3.43. The fourth-order valence-corrected chi connectivity index (χ4v) is 2.27. The Morgan fingerprint density at radius 2 is 2.05 bits per heavy atom. The van der Waals surface area contributed by atoms with Gasteiger partial charge in [0.1, 0.15) is 11.3 Å². The summed E-state index contributed by atoms with van der Waals surface area (Å²) in [5.41, 5.74) is 1.58. The van der Waals surface area contributed by atoms with Crippen LogP contribution in [0, 0.1) is 12.7 Å². The highest BCUT2D eigenvalue weighted by molar-refractivity contribution is 6.09. The van der Waals surface area contributed by atoms with Crippen molar-refractivity contribution in [2.24, 2.45) is 0 Å². The molecule has 2 N–H and O–H groups in total. The highest BCUT2D eigenvalue weighted by atomic mass is 19.1. The molecule has 0 unspecified atom stereocenters. The molecule has 5 heteroatoms. The number of carbonyl (C=O) groups is 1. The summed E-state index contributed by atoms with van der Waals surface area (Å²) in [5, 5.41) is 13.6. The number of aromatic nitrogens is 1. The lowest BCUT2D eigenvalue weighted by atomic mass is 10.1. The van der Waals surface area contributed by atoms with E-state index in [1.807, 2.05) is 0 Å². The SMILES string of the molecule is Cc1cc(F)ccc1NC(=O)c1ccc2cccnc2c1O. The molecule has 1 heterocycles. The maximum absolute atomic E-state index is 13.1. The zero-order valence-corrected chi connectivity index (χ0v) is 11.8. The molecule has 0 radical (unpaired) electrons. The van der Waals surface area contributed by atoms with Gasteiger partial charge in [0.2, 0.25) is 0 Å². The first-order valence-corrected chi connectivity index (χ1v) is 6.70. The zero-order valence-electron chi connectivity index (χ0n) is 11.8. The van der Waals surface area contributed by atoms with Crippen LogP contribution in [0.5, 0.6) is 5.75 Å². The van der Waals surface area contributed by atoms with E-state index < -0.39 is 5.91 Å². The largest absolute Gasteiger partial charge is 0.505 e. The number of pyridine rings is 1. The number of nitrogens with zero attached hydrogens (tertiary/aromatic N) is 1. The molecule has 1 aromatic heterocycles. The second-order valence-corrected chi connectivity index (χ2v) is 4.95. The molecular weight excluding hydrogens is 283 g/mol. The van der Waals surface area contributed by atoms with Gasteiger partial charge in [0.15, 0.2) is 5.75 Å². The molecule has 2 aromatic carbocycles. The summed E-state index contributed by atoms with van der Waals surface area (Å²) >= 11 is 0. The Hall–Kier alpha value is -2.95.